The SMILES string of the molecule is c1cncc(-c2nccc3[nH]c(-c4n[nH]c5ccc(-c6ccncc6)nc45)cc23)c1. The highest BCUT2D eigenvalue weighted by atomic mass is 15.1. The molecule has 6 heterocycles. The van der Waals surface area contributed by atoms with Crippen LogP contribution in [0.15, 0.2) is 79.5 Å². The minimum absolute atomic E-state index is 0.772. The monoisotopic (exact) mass is 389 g/mol. The highest BCUT2D eigenvalue weighted by Crippen LogP contribution is 2.32. The average Bonchev–Trinajstić information content (AvgIpc) is 3.43. The van der Waals surface area contributed by atoms with Crippen molar-refractivity contribution in [3.05, 3.63) is 79.5 Å². The first-order valence-electron chi connectivity index (χ1n) is 9.51. The summed E-state index contributed by atoms with van der Waals surface area (Å²) in [5.74, 6) is 0. The number of rotatable bonds is 3. The summed E-state index contributed by atoms with van der Waals surface area (Å²) in [6, 6.07) is 15.8. The number of aromatic amines is 2. The van der Waals surface area contributed by atoms with E-state index in [0.29, 0.717) is 0 Å². The summed E-state index contributed by atoms with van der Waals surface area (Å²) < 4.78 is 0. The van der Waals surface area contributed by atoms with E-state index in [1.54, 1.807) is 24.8 Å². The maximum Gasteiger partial charge on any atom is 0.135 e. The lowest BCUT2D eigenvalue weighted by Gasteiger charge is -2.01. The molecule has 7 nitrogen and oxygen atoms in total. The van der Waals surface area contributed by atoms with Gasteiger partial charge in [0.1, 0.15) is 11.2 Å². The van der Waals surface area contributed by atoms with Crippen LogP contribution in [0.25, 0.3) is 55.8 Å². The van der Waals surface area contributed by atoms with E-state index in [4.69, 9.17) is 4.98 Å². The van der Waals surface area contributed by atoms with Gasteiger partial charge in [0.25, 0.3) is 0 Å². The number of aromatic nitrogens is 7. The number of nitrogens with zero attached hydrogens (tertiary/aromatic N) is 5. The van der Waals surface area contributed by atoms with Crippen LogP contribution >= 0.6 is 0 Å². The van der Waals surface area contributed by atoms with Crippen molar-refractivity contribution in [2.45, 2.75) is 0 Å². The number of hydrogen-bond acceptors (Lipinski definition) is 5. The van der Waals surface area contributed by atoms with Gasteiger partial charge in [0.05, 0.1) is 22.6 Å². The molecule has 6 aromatic heterocycles. The molecule has 7 heteroatoms. The summed E-state index contributed by atoms with van der Waals surface area (Å²) in [5, 5.41) is 8.64. The molecular weight excluding hydrogens is 374 g/mol. The minimum Gasteiger partial charge on any atom is -0.353 e. The van der Waals surface area contributed by atoms with Gasteiger partial charge in [-0.15, -0.1) is 0 Å². The fraction of sp³-hybridized carbons (Fsp3) is 0. The molecule has 0 amide bonds. The molecular formula is C23H15N7. The van der Waals surface area contributed by atoms with Gasteiger partial charge in [0.15, 0.2) is 0 Å². The van der Waals surface area contributed by atoms with Crippen LogP contribution in [-0.2, 0) is 0 Å². The second-order valence-corrected chi connectivity index (χ2v) is 6.95. The van der Waals surface area contributed by atoms with Crippen LogP contribution in [0.2, 0.25) is 0 Å². The van der Waals surface area contributed by atoms with Crippen LogP contribution in [0, 0.1) is 0 Å². The van der Waals surface area contributed by atoms with Crippen molar-refractivity contribution < 1.29 is 0 Å². The molecule has 142 valence electrons. The molecule has 0 fully saturated rings. The van der Waals surface area contributed by atoms with Gasteiger partial charge >= 0.3 is 0 Å². The molecule has 0 aliphatic rings. The fourth-order valence-electron chi connectivity index (χ4n) is 3.68. The molecule has 30 heavy (non-hydrogen) atoms. The van der Waals surface area contributed by atoms with Crippen molar-refractivity contribution >= 4 is 21.9 Å². The van der Waals surface area contributed by atoms with Gasteiger partial charge in [-0.2, -0.15) is 5.10 Å². The molecule has 0 spiro atoms. The number of H-pyrrole nitrogens is 2. The molecule has 6 aromatic rings. The minimum atomic E-state index is 0.772. The zero-order valence-corrected chi connectivity index (χ0v) is 15.7. The Morgan fingerprint density at radius 3 is 2.53 bits per heavy atom. The molecule has 0 saturated heterocycles. The second kappa shape index (κ2) is 6.59. The topological polar surface area (TPSA) is 96.0 Å². The number of fused-ring (bicyclic) bond motifs is 2. The van der Waals surface area contributed by atoms with E-state index in [2.05, 4.69) is 36.2 Å². The zero-order chi connectivity index (χ0) is 19.9. The molecule has 0 bridgehead atoms. The van der Waals surface area contributed by atoms with Crippen LogP contribution in [-0.4, -0.2) is 35.1 Å². The van der Waals surface area contributed by atoms with E-state index in [0.717, 1.165) is 55.8 Å². The van der Waals surface area contributed by atoms with E-state index >= 15 is 0 Å². The van der Waals surface area contributed by atoms with Gasteiger partial charge < -0.3 is 4.98 Å². The lowest BCUT2D eigenvalue weighted by Crippen LogP contribution is -1.86. The van der Waals surface area contributed by atoms with Crippen molar-refractivity contribution in [3.8, 4) is 33.9 Å². The zero-order valence-electron chi connectivity index (χ0n) is 15.7. The van der Waals surface area contributed by atoms with Crippen LogP contribution in [0.3, 0.4) is 0 Å². The Balaban J connectivity index is 1.52. The van der Waals surface area contributed by atoms with Gasteiger partial charge in [0, 0.05) is 53.0 Å². The summed E-state index contributed by atoms with van der Waals surface area (Å²) in [7, 11) is 0. The van der Waals surface area contributed by atoms with E-state index in [9.17, 15) is 0 Å². The number of hydrogen-bond donors (Lipinski definition) is 2. The van der Waals surface area contributed by atoms with Crippen molar-refractivity contribution in [2.75, 3.05) is 0 Å². The predicted octanol–water partition coefficient (Wildman–Crippen LogP) is 4.63. The quantitative estimate of drug-likeness (QED) is 0.460. The third kappa shape index (κ3) is 2.64. The Kier molecular flexibility index (Phi) is 3.64. The Labute approximate surface area is 170 Å². The fourth-order valence-corrected chi connectivity index (χ4v) is 3.68. The summed E-state index contributed by atoms with van der Waals surface area (Å²) in [5.41, 5.74) is 8.08. The van der Waals surface area contributed by atoms with Gasteiger partial charge in [-0.3, -0.25) is 20.1 Å². The summed E-state index contributed by atoms with van der Waals surface area (Å²) in [6.45, 7) is 0. The lowest BCUT2D eigenvalue weighted by atomic mass is 10.1. The van der Waals surface area contributed by atoms with E-state index in [-0.39, 0.29) is 0 Å². The lowest BCUT2D eigenvalue weighted by molar-refractivity contribution is 1.12. The Hall–Kier alpha value is -4.39. The molecule has 0 radical (unpaired) electrons. The van der Waals surface area contributed by atoms with Crippen molar-refractivity contribution in [1.29, 1.82) is 0 Å². The Morgan fingerprint density at radius 1 is 0.733 bits per heavy atom. The third-order valence-corrected chi connectivity index (χ3v) is 5.12. The molecule has 0 aliphatic heterocycles. The molecule has 2 N–H and O–H groups in total. The standard InChI is InChI=1S/C23H15N7/c1-2-15(13-25-8-1)21-16-12-20(27-18(16)7-11-26-21)23-22-19(29-30-23)4-3-17(28-22)14-5-9-24-10-6-14/h1-13,27H,(H,29,30). The summed E-state index contributed by atoms with van der Waals surface area (Å²) >= 11 is 0. The first-order valence-corrected chi connectivity index (χ1v) is 9.51. The first kappa shape index (κ1) is 16.6. The summed E-state index contributed by atoms with van der Waals surface area (Å²) in [6.07, 6.45) is 8.91. The van der Waals surface area contributed by atoms with Crippen LogP contribution < -0.4 is 0 Å². The Bertz CT molecular complexity index is 1480. The van der Waals surface area contributed by atoms with Crippen LogP contribution in [0.4, 0.5) is 0 Å². The van der Waals surface area contributed by atoms with Crippen molar-refractivity contribution in [2.24, 2.45) is 0 Å². The molecule has 0 saturated carbocycles. The smallest absolute Gasteiger partial charge is 0.135 e. The van der Waals surface area contributed by atoms with Gasteiger partial charge in [0.2, 0.25) is 0 Å². The second-order valence-electron chi connectivity index (χ2n) is 6.95. The molecule has 0 aromatic carbocycles. The predicted molar refractivity (Wildman–Crippen MR) is 115 cm³/mol. The molecule has 0 aliphatic carbocycles. The average molecular weight is 389 g/mol. The van der Waals surface area contributed by atoms with E-state index in [1.807, 2.05) is 48.7 Å². The van der Waals surface area contributed by atoms with E-state index < -0.39 is 0 Å². The maximum absolute atomic E-state index is 4.87. The Morgan fingerprint density at radius 2 is 1.67 bits per heavy atom. The first-order chi connectivity index (χ1) is 14.9. The van der Waals surface area contributed by atoms with Crippen molar-refractivity contribution in [3.63, 3.8) is 0 Å². The van der Waals surface area contributed by atoms with Gasteiger partial charge in [-0.05, 0) is 48.5 Å². The third-order valence-electron chi connectivity index (χ3n) is 5.12. The normalized spacial score (nSPS) is 11.3. The highest BCUT2D eigenvalue weighted by Gasteiger charge is 2.15. The molecule has 0 atom stereocenters. The van der Waals surface area contributed by atoms with Gasteiger partial charge in [-0.1, -0.05) is 0 Å². The summed E-state index contributed by atoms with van der Waals surface area (Å²) in [4.78, 5) is 21.2. The van der Waals surface area contributed by atoms with Gasteiger partial charge in [-0.25, -0.2) is 4.98 Å². The molecule has 6 rings (SSSR count). The largest absolute Gasteiger partial charge is 0.353 e. The van der Waals surface area contributed by atoms with Crippen LogP contribution in [0.1, 0.15) is 0 Å². The number of pyridine rings is 4. The van der Waals surface area contributed by atoms with Crippen LogP contribution in [0.5, 0.6) is 0 Å². The van der Waals surface area contributed by atoms with E-state index in [1.165, 1.54) is 0 Å². The maximum atomic E-state index is 4.87. The highest BCUT2D eigenvalue weighted by molar-refractivity contribution is 5.99. The number of nitrogens with one attached hydrogen (secondary N) is 2. The van der Waals surface area contributed by atoms with Crippen molar-refractivity contribution in [1.82, 2.24) is 35.1 Å². The molecule has 0 unspecified atom stereocenters.